The standard InChI is InChI=1S/C22H20O5/c1-22(2)15-11-25-16-7-5-4-6-13(16)18(15)19-20(23)14-10-12(24-3)8-9-17(14)26-21(19)27-22/h4-10,15,18H,11H2,1-3H3/t15-,18+/m1/s1. The summed E-state index contributed by atoms with van der Waals surface area (Å²) in [7, 11) is 1.58. The molecule has 3 aromatic rings. The summed E-state index contributed by atoms with van der Waals surface area (Å²) in [5, 5.41) is 0.499. The Balaban J connectivity index is 1.84. The maximum atomic E-state index is 13.5. The first-order valence-corrected chi connectivity index (χ1v) is 9.05. The van der Waals surface area contributed by atoms with Gasteiger partial charge >= 0.3 is 0 Å². The minimum atomic E-state index is -0.527. The van der Waals surface area contributed by atoms with Crippen molar-refractivity contribution >= 4 is 11.0 Å². The molecule has 3 heterocycles. The number of ether oxygens (including phenoxy) is 3. The number of fused-ring (bicyclic) bond motifs is 6. The minimum absolute atomic E-state index is 0.00542. The summed E-state index contributed by atoms with van der Waals surface area (Å²) < 4.78 is 23.5. The highest BCUT2D eigenvalue weighted by Gasteiger charge is 2.50. The predicted octanol–water partition coefficient (Wildman–Crippen LogP) is 4.11. The molecule has 0 aliphatic carbocycles. The van der Waals surface area contributed by atoms with Crippen LogP contribution in [-0.2, 0) is 0 Å². The smallest absolute Gasteiger partial charge is 0.293 e. The molecule has 0 saturated heterocycles. The minimum Gasteiger partial charge on any atom is -0.497 e. The maximum absolute atomic E-state index is 13.5. The highest BCUT2D eigenvalue weighted by Crippen LogP contribution is 2.51. The van der Waals surface area contributed by atoms with E-state index in [2.05, 4.69) is 0 Å². The Hall–Kier alpha value is -2.95. The molecule has 1 aromatic heterocycles. The Morgan fingerprint density at radius 2 is 1.96 bits per heavy atom. The second kappa shape index (κ2) is 5.52. The van der Waals surface area contributed by atoms with E-state index in [9.17, 15) is 4.79 Å². The molecule has 27 heavy (non-hydrogen) atoms. The Morgan fingerprint density at radius 3 is 2.78 bits per heavy atom. The first-order valence-electron chi connectivity index (χ1n) is 9.05. The topological polar surface area (TPSA) is 57.9 Å². The van der Waals surface area contributed by atoms with Crippen molar-refractivity contribution in [3.63, 3.8) is 0 Å². The van der Waals surface area contributed by atoms with Crippen molar-refractivity contribution in [1.82, 2.24) is 0 Å². The van der Waals surface area contributed by atoms with E-state index >= 15 is 0 Å². The summed E-state index contributed by atoms with van der Waals surface area (Å²) in [5.74, 6) is 1.61. The van der Waals surface area contributed by atoms with E-state index in [1.54, 1.807) is 25.3 Å². The zero-order chi connectivity index (χ0) is 18.8. The van der Waals surface area contributed by atoms with Crippen LogP contribution < -0.4 is 19.6 Å². The van der Waals surface area contributed by atoms with Crippen LogP contribution in [0.4, 0.5) is 0 Å². The molecule has 5 rings (SSSR count). The Bertz CT molecular complexity index is 1110. The van der Waals surface area contributed by atoms with Gasteiger partial charge in [0.05, 0.1) is 24.7 Å². The summed E-state index contributed by atoms with van der Waals surface area (Å²) in [6.45, 7) is 4.52. The number of hydrogen-bond donors (Lipinski definition) is 0. The van der Waals surface area contributed by atoms with E-state index < -0.39 is 5.60 Å². The number of methoxy groups -OCH3 is 1. The third-order valence-electron chi connectivity index (χ3n) is 5.73. The van der Waals surface area contributed by atoms with Crippen LogP contribution in [0, 0.1) is 5.92 Å². The quantitative estimate of drug-likeness (QED) is 0.650. The van der Waals surface area contributed by atoms with Gasteiger partial charge in [-0.25, -0.2) is 0 Å². The second-order valence-corrected chi connectivity index (χ2v) is 7.63. The SMILES string of the molecule is COc1ccc2oc3c(c(=O)c2c1)[C@H]1c2ccccc2OC[C@H]1C(C)(C)O3. The van der Waals surface area contributed by atoms with Gasteiger partial charge in [0.1, 0.15) is 22.7 Å². The normalized spacial score (nSPS) is 22.0. The van der Waals surface area contributed by atoms with Gasteiger partial charge in [-0.2, -0.15) is 0 Å². The highest BCUT2D eigenvalue weighted by molar-refractivity contribution is 5.80. The second-order valence-electron chi connectivity index (χ2n) is 7.63. The lowest BCUT2D eigenvalue weighted by atomic mass is 9.70. The van der Waals surface area contributed by atoms with E-state index in [4.69, 9.17) is 18.6 Å². The Kier molecular flexibility index (Phi) is 3.32. The summed E-state index contributed by atoms with van der Waals surface area (Å²) in [4.78, 5) is 13.5. The molecule has 138 valence electrons. The monoisotopic (exact) mass is 364 g/mol. The molecule has 0 radical (unpaired) electrons. The molecule has 0 fully saturated rings. The molecule has 5 nitrogen and oxygen atoms in total. The fraction of sp³-hybridized carbons (Fsp3) is 0.318. The molecule has 0 bridgehead atoms. The van der Waals surface area contributed by atoms with Crippen LogP contribution in [0.2, 0.25) is 0 Å². The fourth-order valence-corrected chi connectivity index (χ4v) is 4.27. The van der Waals surface area contributed by atoms with Gasteiger partial charge in [-0.05, 0) is 38.1 Å². The van der Waals surface area contributed by atoms with Gasteiger partial charge < -0.3 is 18.6 Å². The molecule has 2 aliphatic heterocycles. The molecule has 0 spiro atoms. The molecule has 0 unspecified atom stereocenters. The van der Waals surface area contributed by atoms with Crippen molar-refractivity contribution in [2.24, 2.45) is 5.92 Å². The van der Waals surface area contributed by atoms with Crippen LogP contribution in [0.3, 0.4) is 0 Å². The van der Waals surface area contributed by atoms with Gasteiger partial charge in [0, 0.05) is 17.4 Å². The molecule has 2 aliphatic rings. The highest BCUT2D eigenvalue weighted by atomic mass is 16.6. The van der Waals surface area contributed by atoms with Crippen molar-refractivity contribution < 1.29 is 18.6 Å². The number of rotatable bonds is 1. The maximum Gasteiger partial charge on any atom is 0.293 e. The van der Waals surface area contributed by atoms with Gasteiger partial charge in [0.2, 0.25) is 5.43 Å². The van der Waals surface area contributed by atoms with E-state index in [0.29, 0.717) is 34.8 Å². The summed E-state index contributed by atoms with van der Waals surface area (Å²) in [6.07, 6.45) is 0. The molecule has 0 saturated carbocycles. The molecule has 0 amide bonds. The molecule has 0 N–H and O–H groups in total. The van der Waals surface area contributed by atoms with E-state index in [1.165, 1.54) is 0 Å². The van der Waals surface area contributed by atoms with Gasteiger partial charge in [0.25, 0.3) is 5.95 Å². The number of benzene rings is 2. The van der Waals surface area contributed by atoms with E-state index in [-0.39, 0.29) is 17.3 Å². The van der Waals surface area contributed by atoms with E-state index in [1.807, 2.05) is 38.1 Å². The van der Waals surface area contributed by atoms with Crippen LogP contribution >= 0.6 is 0 Å². The lowest BCUT2D eigenvalue weighted by molar-refractivity contribution is -0.0318. The predicted molar refractivity (Wildman–Crippen MR) is 101 cm³/mol. The largest absolute Gasteiger partial charge is 0.497 e. The van der Waals surface area contributed by atoms with Crippen LogP contribution in [0.1, 0.15) is 30.9 Å². The van der Waals surface area contributed by atoms with Crippen molar-refractivity contribution in [3.8, 4) is 17.4 Å². The van der Waals surface area contributed by atoms with E-state index in [0.717, 1.165) is 11.3 Å². The van der Waals surface area contributed by atoms with Crippen molar-refractivity contribution in [1.29, 1.82) is 0 Å². The van der Waals surface area contributed by atoms with Crippen LogP contribution in [0.5, 0.6) is 17.4 Å². The lowest BCUT2D eigenvalue weighted by Crippen LogP contribution is -2.50. The average molecular weight is 364 g/mol. The summed E-state index contributed by atoms with van der Waals surface area (Å²) in [6, 6.07) is 13.1. The third-order valence-corrected chi connectivity index (χ3v) is 5.73. The number of hydrogen-bond acceptors (Lipinski definition) is 5. The first kappa shape index (κ1) is 16.2. The molecule has 2 aromatic carbocycles. The summed E-state index contributed by atoms with van der Waals surface area (Å²) in [5.41, 5.74) is 1.46. The van der Waals surface area contributed by atoms with Gasteiger partial charge in [0.15, 0.2) is 0 Å². The molecule has 2 atom stereocenters. The van der Waals surface area contributed by atoms with Crippen LogP contribution in [0.15, 0.2) is 51.7 Å². The third kappa shape index (κ3) is 2.27. The Morgan fingerprint density at radius 1 is 1.15 bits per heavy atom. The van der Waals surface area contributed by atoms with Gasteiger partial charge in [-0.3, -0.25) is 4.79 Å². The average Bonchev–Trinajstić information content (AvgIpc) is 2.67. The van der Waals surface area contributed by atoms with Gasteiger partial charge in [-0.1, -0.05) is 18.2 Å². The van der Waals surface area contributed by atoms with Crippen LogP contribution in [-0.4, -0.2) is 19.3 Å². The summed E-state index contributed by atoms with van der Waals surface area (Å²) >= 11 is 0. The Labute approximate surface area is 156 Å². The first-order chi connectivity index (χ1) is 13.0. The van der Waals surface area contributed by atoms with Gasteiger partial charge in [-0.15, -0.1) is 0 Å². The molecular formula is C22H20O5. The fourth-order valence-electron chi connectivity index (χ4n) is 4.27. The van der Waals surface area contributed by atoms with Crippen molar-refractivity contribution in [3.05, 3.63) is 63.8 Å². The zero-order valence-corrected chi connectivity index (χ0v) is 15.4. The van der Waals surface area contributed by atoms with Crippen molar-refractivity contribution in [2.45, 2.75) is 25.4 Å². The zero-order valence-electron chi connectivity index (χ0n) is 15.4. The lowest BCUT2D eigenvalue weighted by Gasteiger charge is -2.46. The van der Waals surface area contributed by atoms with Crippen molar-refractivity contribution in [2.75, 3.05) is 13.7 Å². The molecular weight excluding hydrogens is 344 g/mol. The van der Waals surface area contributed by atoms with Crippen LogP contribution in [0.25, 0.3) is 11.0 Å². The number of para-hydroxylation sites is 1. The molecule has 5 heteroatoms.